The maximum Gasteiger partial charge on any atom is 0.410 e. The van der Waals surface area contributed by atoms with E-state index in [2.05, 4.69) is 26.2 Å². The van der Waals surface area contributed by atoms with Gasteiger partial charge in [-0.2, -0.15) is 0 Å². The van der Waals surface area contributed by atoms with Crippen LogP contribution in [0.3, 0.4) is 0 Å². The van der Waals surface area contributed by atoms with Gasteiger partial charge in [-0.25, -0.2) is 9.78 Å². The lowest BCUT2D eigenvalue weighted by atomic mass is 9.97. The molecule has 1 aliphatic rings. The normalized spacial score (nSPS) is 16.4. The Hall–Kier alpha value is -1.14. The standard InChI is InChI=1S/C17H26BrN3O2/c1-17(2,3)23-16(22)21-8-5-13(6-9-21)11-19-12-14-4-7-20-15(18)10-14/h4,7,10,13,19H,5-6,8-9,11-12H2,1-3H3. The van der Waals surface area contributed by atoms with E-state index in [1.807, 2.05) is 37.8 Å². The molecule has 0 aromatic carbocycles. The fourth-order valence-electron chi connectivity index (χ4n) is 2.62. The maximum absolute atomic E-state index is 12.0. The zero-order valence-electron chi connectivity index (χ0n) is 14.1. The number of likely N-dealkylation sites (tertiary alicyclic amines) is 1. The van der Waals surface area contributed by atoms with Crippen molar-refractivity contribution in [2.75, 3.05) is 19.6 Å². The monoisotopic (exact) mass is 383 g/mol. The van der Waals surface area contributed by atoms with Crippen LogP contribution in [0.1, 0.15) is 39.2 Å². The molecule has 1 aromatic heterocycles. The molecule has 2 heterocycles. The number of pyridine rings is 1. The minimum Gasteiger partial charge on any atom is -0.444 e. The maximum atomic E-state index is 12.0. The fraction of sp³-hybridized carbons (Fsp3) is 0.647. The van der Waals surface area contributed by atoms with E-state index in [0.717, 1.165) is 43.6 Å². The number of hydrogen-bond donors (Lipinski definition) is 1. The van der Waals surface area contributed by atoms with Crippen molar-refractivity contribution < 1.29 is 9.53 Å². The number of hydrogen-bond acceptors (Lipinski definition) is 4. The second-order valence-electron chi connectivity index (χ2n) is 7.03. The highest BCUT2D eigenvalue weighted by Crippen LogP contribution is 2.19. The predicted molar refractivity (Wildman–Crippen MR) is 94.2 cm³/mol. The number of carbonyl (C=O) groups is 1. The van der Waals surface area contributed by atoms with Gasteiger partial charge in [0.2, 0.25) is 0 Å². The van der Waals surface area contributed by atoms with Gasteiger partial charge >= 0.3 is 6.09 Å². The summed E-state index contributed by atoms with van der Waals surface area (Å²) in [6.45, 7) is 9.08. The first-order valence-electron chi connectivity index (χ1n) is 8.12. The summed E-state index contributed by atoms with van der Waals surface area (Å²) < 4.78 is 6.29. The molecule has 0 spiro atoms. The SMILES string of the molecule is CC(C)(C)OC(=O)N1CCC(CNCc2ccnc(Br)c2)CC1. The first kappa shape index (κ1) is 18.2. The van der Waals surface area contributed by atoms with Gasteiger partial charge in [0.05, 0.1) is 0 Å². The van der Waals surface area contributed by atoms with E-state index in [-0.39, 0.29) is 6.09 Å². The van der Waals surface area contributed by atoms with Crippen molar-refractivity contribution in [3.8, 4) is 0 Å². The van der Waals surface area contributed by atoms with Crippen LogP contribution < -0.4 is 5.32 Å². The van der Waals surface area contributed by atoms with Crippen LogP contribution in [0, 0.1) is 5.92 Å². The molecule has 5 nitrogen and oxygen atoms in total. The van der Waals surface area contributed by atoms with E-state index in [1.54, 1.807) is 6.20 Å². The summed E-state index contributed by atoms with van der Waals surface area (Å²) >= 11 is 3.38. The summed E-state index contributed by atoms with van der Waals surface area (Å²) in [5, 5.41) is 3.50. The van der Waals surface area contributed by atoms with Gasteiger partial charge in [-0.05, 0) is 79.7 Å². The van der Waals surface area contributed by atoms with Crippen molar-refractivity contribution in [3.63, 3.8) is 0 Å². The van der Waals surface area contributed by atoms with E-state index in [1.165, 1.54) is 5.56 Å². The Balaban J connectivity index is 1.68. The van der Waals surface area contributed by atoms with Crippen molar-refractivity contribution in [3.05, 3.63) is 28.5 Å². The molecular weight excluding hydrogens is 358 g/mol. The van der Waals surface area contributed by atoms with Crippen LogP contribution >= 0.6 is 15.9 Å². The quantitative estimate of drug-likeness (QED) is 0.807. The van der Waals surface area contributed by atoms with Crippen molar-refractivity contribution >= 4 is 22.0 Å². The van der Waals surface area contributed by atoms with Gasteiger partial charge in [0.25, 0.3) is 0 Å². The van der Waals surface area contributed by atoms with Crippen LogP contribution in [0.25, 0.3) is 0 Å². The van der Waals surface area contributed by atoms with E-state index in [4.69, 9.17) is 4.74 Å². The fourth-order valence-corrected chi connectivity index (χ4v) is 3.03. The molecule has 1 amide bonds. The molecule has 1 N–H and O–H groups in total. The lowest BCUT2D eigenvalue weighted by molar-refractivity contribution is 0.0184. The van der Waals surface area contributed by atoms with Crippen LogP contribution in [0.15, 0.2) is 22.9 Å². The zero-order chi connectivity index (χ0) is 16.9. The van der Waals surface area contributed by atoms with Gasteiger partial charge in [0.1, 0.15) is 10.2 Å². The molecule has 1 saturated heterocycles. The number of carbonyl (C=O) groups excluding carboxylic acids is 1. The highest BCUT2D eigenvalue weighted by Gasteiger charge is 2.26. The van der Waals surface area contributed by atoms with Gasteiger partial charge in [0, 0.05) is 25.8 Å². The molecule has 0 saturated carbocycles. The number of rotatable bonds is 4. The number of halogens is 1. The molecule has 0 atom stereocenters. The zero-order valence-corrected chi connectivity index (χ0v) is 15.7. The van der Waals surface area contributed by atoms with Crippen LogP contribution in [0.4, 0.5) is 4.79 Å². The second-order valence-corrected chi connectivity index (χ2v) is 7.84. The van der Waals surface area contributed by atoms with Crippen LogP contribution in [0.2, 0.25) is 0 Å². The molecule has 1 aromatic rings. The Bertz CT molecular complexity index is 523. The molecule has 0 unspecified atom stereocenters. The van der Waals surface area contributed by atoms with E-state index >= 15 is 0 Å². The smallest absolute Gasteiger partial charge is 0.410 e. The summed E-state index contributed by atoms with van der Waals surface area (Å²) in [4.78, 5) is 18.0. The van der Waals surface area contributed by atoms with Gasteiger partial charge in [-0.1, -0.05) is 0 Å². The highest BCUT2D eigenvalue weighted by molar-refractivity contribution is 9.10. The first-order valence-corrected chi connectivity index (χ1v) is 8.92. The minimum absolute atomic E-state index is 0.189. The molecule has 1 aliphatic heterocycles. The van der Waals surface area contributed by atoms with Crippen molar-refractivity contribution in [2.45, 2.75) is 45.8 Å². The second kappa shape index (κ2) is 8.11. The minimum atomic E-state index is -0.422. The van der Waals surface area contributed by atoms with Crippen molar-refractivity contribution in [1.29, 1.82) is 0 Å². The third-order valence-corrected chi connectivity index (χ3v) is 4.25. The van der Waals surface area contributed by atoms with Gasteiger partial charge < -0.3 is 15.0 Å². The Morgan fingerprint density at radius 2 is 2.13 bits per heavy atom. The lowest BCUT2D eigenvalue weighted by Crippen LogP contribution is -2.43. The van der Waals surface area contributed by atoms with Crippen molar-refractivity contribution in [2.24, 2.45) is 5.92 Å². The summed E-state index contributed by atoms with van der Waals surface area (Å²) in [6, 6.07) is 4.04. The topological polar surface area (TPSA) is 54.5 Å². The van der Waals surface area contributed by atoms with Gasteiger partial charge in [-0.15, -0.1) is 0 Å². The highest BCUT2D eigenvalue weighted by atomic mass is 79.9. The molecule has 1 fully saturated rings. The van der Waals surface area contributed by atoms with Gasteiger partial charge in [0.15, 0.2) is 0 Å². The average molecular weight is 384 g/mol. The molecule has 23 heavy (non-hydrogen) atoms. The predicted octanol–water partition coefficient (Wildman–Crippen LogP) is 3.58. The number of amides is 1. The summed E-state index contributed by atoms with van der Waals surface area (Å²) in [7, 11) is 0. The van der Waals surface area contributed by atoms with E-state index in [9.17, 15) is 4.79 Å². The Morgan fingerprint density at radius 1 is 1.43 bits per heavy atom. The molecule has 0 aliphatic carbocycles. The summed E-state index contributed by atoms with van der Waals surface area (Å²) in [6.07, 6.45) is 3.66. The number of nitrogens with zero attached hydrogens (tertiary/aromatic N) is 2. The summed E-state index contributed by atoms with van der Waals surface area (Å²) in [5.41, 5.74) is 0.798. The largest absolute Gasteiger partial charge is 0.444 e. The number of piperidine rings is 1. The Kier molecular flexibility index (Phi) is 6.41. The third kappa shape index (κ3) is 6.47. The first-order chi connectivity index (χ1) is 10.8. The van der Waals surface area contributed by atoms with Crippen LogP contribution in [-0.4, -0.2) is 41.2 Å². The third-order valence-electron chi connectivity index (χ3n) is 3.82. The van der Waals surface area contributed by atoms with E-state index < -0.39 is 5.60 Å². The van der Waals surface area contributed by atoms with Gasteiger partial charge in [-0.3, -0.25) is 0 Å². The molecule has 0 bridgehead atoms. The Morgan fingerprint density at radius 3 is 2.74 bits per heavy atom. The molecule has 6 heteroatoms. The lowest BCUT2D eigenvalue weighted by Gasteiger charge is -2.33. The summed E-state index contributed by atoms with van der Waals surface area (Å²) in [5.74, 6) is 0.610. The average Bonchev–Trinajstić information content (AvgIpc) is 2.46. The molecule has 0 radical (unpaired) electrons. The number of nitrogens with one attached hydrogen (secondary N) is 1. The Labute approximate surface area is 146 Å². The van der Waals surface area contributed by atoms with Crippen molar-refractivity contribution in [1.82, 2.24) is 15.2 Å². The number of ether oxygens (including phenoxy) is 1. The molecule has 128 valence electrons. The molecular formula is C17H26BrN3O2. The van der Waals surface area contributed by atoms with E-state index in [0.29, 0.717) is 5.92 Å². The number of aromatic nitrogens is 1. The van der Waals surface area contributed by atoms with Crippen LogP contribution in [-0.2, 0) is 11.3 Å². The molecule has 2 rings (SSSR count). The van der Waals surface area contributed by atoms with Crippen LogP contribution in [0.5, 0.6) is 0 Å².